The second-order valence-corrected chi connectivity index (χ2v) is 8.96. The summed E-state index contributed by atoms with van der Waals surface area (Å²) < 4.78 is 27.5. The average molecular weight is 413 g/mol. The predicted molar refractivity (Wildman–Crippen MR) is 105 cm³/mol. The first-order valence-electron chi connectivity index (χ1n) is 7.86. The Morgan fingerprint density at radius 2 is 1.85 bits per heavy atom. The zero-order valence-corrected chi connectivity index (χ0v) is 16.1. The summed E-state index contributed by atoms with van der Waals surface area (Å²) in [5, 5.41) is 9.65. The van der Waals surface area contributed by atoms with E-state index in [4.69, 9.17) is 11.6 Å². The van der Waals surface area contributed by atoms with Gasteiger partial charge in [-0.3, -0.25) is 4.72 Å². The van der Waals surface area contributed by atoms with Crippen LogP contribution in [0.5, 0.6) is 0 Å². The zero-order valence-electron chi connectivity index (χ0n) is 13.7. The molecule has 1 heterocycles. The highest BCUT2D eigenvalue weighted by Gasteiger charge is 2.22. The van der Waals surface area contributed by atoms with Crippen molar-refractivity contribution >= 4 is 50.7 Å². The summed E-state index contributed by atoms with van der Waals surface area (Å²) in [5.74, 6) is 0.761. The quantitative estimate of drug-likeness (QED) is 0.782. The first kappa shape index (κ1) is 18.9. The van der Waals surface area contributed by atoms with E-state index < -0.39 is 16.0 Å². The molecule has 2 aromatic rings. The Kier molecular flexibility index (Phi) is 5.64. The highest BCUT2D eigenvalue weighted by atomic mass is 35.5. The van der Waals surface area contributed by atoms with E-state index in [1.54, 1.807) is 24.3 Å². The number of carboxylic acid groups (broad SMARTS) is 1. The van der Waals surface area contributed by atoms with Crippen LogP contribution < -0.4 is 9.62 Å². The number of hydrogen-bond acceptors (Lipinski definition) is 5. The molecule has 26 heavy (non-hydrogen) atoms. The molecule has 0 radical (unpaired) electrons. The van der Waals surface area contributed by atoms with Crippen LogP contribution in [0.25, 0.3) is 0 Å². The predicted octanol–water partition coefficient (Wildman–Crippen LogP) is 3.39. The minimum atomic E-state index is -3.92. The van der Waals surface area contributed by atoms with Crippen molar-refractivity contribution in [2.75, 3.05) is 34.2 Å². The smallest absolute Gasteiger partial charge is 0.337 e. The average Bonchev–Trinajstić information content (AvgIpc) is 2.62. The molecule has 138 valence electrons. The van der Waals surface area contributed by atoms with Gasteiger partial charge in [0.2, 0.25) is 0 Å². The summed E-state index contributed by atoms with van der Waals surface area (Å²) >= 11 is 7.79. The standard InChI is InChI=1S/C17H17ClN2O4S2/c18-14-3-1-2-4-16(14)26(23,24)19-12-5-6-15(13(11-12)17(21)22)20-7-9-25-10-8-20/h1-6,11,19H,7-10H2,(H,21,22). The lowest BCUT2D eigenvalue weighted by atomic mass is 10.1. The van der Waals surface area contributed by atoms with Crippen LogP contribution in [0.2, 0.25) is 5.02 Å². The van der Waals surface area contributed by atoms with Crippen LogP contribution in [0.3, 0.4) is 0 Å². The van der Waals surface area contributed by atoms with Gasteiger partial charge in [-0.2, -0.15) is 11.8 Å². The fraction of sp³-hybridized carbons (Fsp3) is 0.235. The lowest BCUT2D eigenvalue weighted by molar-refractivity contribution is 0.0697. The van der Waals surface area contributed by atoms with Crippen LogP contribution in [0.1, 0.15) is 10.4 Å². The van der Waals surface area contributed by atoms with E-state index in [0.29, 0.717) is 5.69 Å². The number of carbonyl (C=O) groups is 1. The summed E-state index contributed by atoms with van der Waals surface area (Å²) in [6.45, 7) is 1.52. The number of anilines is 2. The number of nitrogens with one attached hydrogen (secondary N) is 1. The fourth-order valence-electron chi connectivity index (χ4n) is 2.72. The van der Waals surface area contributed by atoms with Gasteiger partial charge in [-0.05, 0) is 30.3 Å². The fourth-order valence-corrected chi connectivity index (χ4v) is 5.20. The third-order valence-corrected chi connectivity index (χ3v) is 6.78. The molecular weight excluding hydrogens is 396 g/mol. The highest BCUT2D eigenvalue weighted by Crippen LogP contribution is 2.29. The van der Waals surface area contributed by atoms with Crippen LogP contribution in [-0.2, 0) is 10.0 Å². The molecule has 9 heteroatoms. The van der Waals surface area contributed by atoms with Gasteiger partial charge in [-0.15, -0.1) is 0 Å². The maximum absolute atomic E-state index is 12.5. The van der Waals surface area contributed by atoms with Crippen molar-refractivity contribution in [1.82, 2.24) is 0 Å². The Hall–Kier alpha value is -1.90. The molecule has 1 fully saturated rings. The van der Waals surface area contributed by atoms with Crippen LogP contribution in [0, 0.1) is 0 Å². The summed E-state index contributed by atoms with van der Waals surface area (Å²) in [5.41, 5.74) is 0.840. The molecule has 1 saturated heterocycles. The minimum absolute atomic E-state index is 0.0596. The number of rotatable bonds is 5. The summed E-state index contributed by atoms with van der Waals surface area (Å²) in [4.78, 5) is 13.6. The number of benzene rings is 2. The molecule has 3 rings (SSSR count). The van der Waals surface area contributed by atoms with Crippen LogP contribution >= 0.6 is 23.4 Å². The molecule has 0 amide bonds. The Labute approximate surface area is 161 Å². The molecule has 0 saturated carbocycles. The first-order valence-corrected chi connectivity index (χ1v) is 10.9. The van der Waals surface area contributed by atoms with Crippen molar-refractivity contribution in [2.45, 2.75) is 4.90 Å². The van der Waals surface area contributed by atoms with Crippen LogP contribution in [-0.4, -0.2) is 44.1 Å². The van der Waals surface area contributed by atoms with E-state index in [9.17, 15) is 18.3 Å². The molecule has 2 N–H and O–H groups in total. The second-order valence-electron chi connectivity index (χ2n) is 5.67. The van der Waals surface area contributed by atoms with E-state index in [1.807, 2.05) is 16.7 Å². The monoisotopic (exact) mass is 412 g/mol. The third kappa shape index (κ3) is 4.08. The van der Waals surface area contributed by atoms with Crippen LogP contribution in [0.15, 0.2) is 47.4 Å². The molecule has 1 aliphatic heterocycles. The molecule has 0 spiro atoms. The number of halogens is 1. The maximum atomic E-state index is 12.5. The van der Waals surface area contributed by atoms with Crippen molar-refractivity contribution < 1.29 is 18.3 Å². The lowest BCUT2D eigenvalue weighted by Gasteiger charge is -2.29. The van der Waals surface area contributed by atoms with E-state index in [2.05, 4.69) is 4.72 Å². The highest BCUT2D eigenvalue weighted by molar-refractivity contribution is 7.99. The molecule has 6 nitrogen and oxygen atoms in total. The van der Waals surface area contributed by atoms with Gasteiger partial charge in [-0.25, -0.2) is 13.2 Å². The third-order valence-electron chi connectivity index (χ3n) is 3.96. The van der Waals surface area contributed by atoms with Gasteiger partial charge in [0.25, 0.3) is 10.0 Å². The van der Waals surface area contributed by atoms with Gasteiger partial charge >= 0.3 is 5.97 Å². The van der Waals surface area contributed by atoms with Crippen molar-refractivity contribution in [3.8, 4) is 0 Å². The summed E-state index contributed by atoms with van der Waals surface area (Å²) in [6, 6.07) is 10.6. The number of sulfonamides is 1. The molecule has 0 aliphatic carbocycles. The normalized spacial score (nSPS) is 14.9. The van der Waals surface area contributed by atoms with E-state index in [-0.39, 0.29) is 21.2 Å². The van der Waals surface area contributed by atoms with Gasteiger partial charge in [0, 0.05) is 30.3 Å². The van der Waals surface area contributed by atoms with Crippen LogP contribution in [0.4, 0.5) is 11.4 Å². The Morgan fingerprint density at radius 1 is 1.15 bits per heavy atom. The Morgan fingerprint density at radius 3 is 2.50 bits per heavy atom. The van der Waals surface area contributed by atoms with E-state index in [0.717, 1.165) is 24.6 Å². The summed E-state index contributed by atoms with van der Waals surface area (Å²) in [7, 11) is -3.92. The molecule has 0 bridgehead atoms. The number of aromatic carboxylic acids is 1. The maximum Gasteiger partial charge on any atom is 0.337 e. The SMILES string of the molecule is O=C(O)c1cc(NS(=O)(=O)c2ccccc2Cl)ccc1N1CCSCC1. The van der Waals surface area contributed by atoms with E-state index >= 15 is 0 Å². The number of nitrogens with zero attached hydrogens (tertiary/aromatic N) is 1. The topological polar surface area (TPSA) is 86.7 Å². The summed E-state index contributed by atoms with van der Waals surface area (Å²) in [6.07, 6.45) is 0. The molecule has 0 atom stereocenters. The van der Waals surface area contributed by atoms with Gasteiger partial charge in [0.15, 0.2) is 0 Å². The van der Waals surface area contributed by atoms with Gasteiger partial charge in [-0.1, -0.05) is 23.7 Å². The van der Waals surface area contributed by atoms with Gasteiger partial charge in [0.05, 0.1) is 16.3 Å². The number of thioether (sulfide) groups is 1. The van der Waals surface area contributed by atoms with E-state index in [1.165, 1.54) is 18.2 Å². The zero-order chi connectivity index (χ0) is 18.7. The van der Waals surface area contributed by atoms with Gasteiger partial charge < -0.3 is 10.0 Å². The second kappa shape index (κ2) is 7.77. The molecule has 1 aliphatic rings. The molecule has 2 aromatic carbocycles. The van der Waals surface area contributed by atoms with Crippen molar-refractivity contribution in [2.24, 2.45) is 0 Å². The molecule has 0 aromatic heterocycles. The number of carboxylic acids is 1. The molecular formula is C17H17ClN2O4S2. The largest absolute Gasteiger partial charge is 0.478 e. The Bertz CT molecular complexity index is 928. The van der Waals surface area contributed by atoms with Crippen molar-refractivity contribution in [1.29, 1.82) is 0 Å². The van der Waals surface area contributed by atoms with Crippen molar-refractivity contribution in [3.63, 3.8) is 0 Å². The van der Waals surface area contributed by atoms with Gasteiger partial charge in [0.1, 0.15) is 4.90 Å². The minimum Gasteiger partial charge on any atom is -0.478 e. The van der Waals surface area contributed by atoms with Crippen molar-refractivity contribution in [3.05, 3.63) is 53.1 Å². The Balaban J connectivity index is 1.93. The number of hydrogen-bond donors (Lipinski definition) is 2. The first-order chi connectivity index (χ1) is 12.4. The molecule has 0 unspecified atom stereocenters. The lowest BCUT2D eigenvalue weighted by Crippen LogP contribution is -2.33.